The molecule has 2 nitrogen and oxygen atoms in total. The lowest BCUT2D eigenvalue weighted by Crippen LogP contribution is -2.19. The van der Waals surface area contributed by atoms with Crippen molar-refractivity contribution in [2.45, 2.75) is 52.2 Å². The smallest absolute Gasteiger partial charge is 0.123 e. The Kier molecular flexibility index (Phi) is 6.00. The van der Waals surface area contributed by atoms with Crippen LogP contribution in [-0.4, -0.2) is 12.1 Å². The highest BCUT2D eigenvalue weighted by atomic mass is 79.9. The first kappa shape index (κ1) is 14.5. The molecule has 2 unspecified atom stereocenters. The van der Waals surface area contributed by atoms with Crippen LogP contribution in [0.3, 0.4) is 0 Å². The van der Waals surface area contributed by atoms with E-state index in [1.54, 1.807) is 0 Å². The monoisotopic (exact) mass is 299 g/mol. The van der Waals surface area contributed by atoms with Crippen LogP contribution in [0.2, 0.25) is 0 Å². The third-order valence-corrected chi connectivity index (χ3v) is 3.08. The quantitative estimate of drug-likeness (QED) is 0.864. The molecule has 0 aromatic heterocycles. The number of hydrogen-bond acceptors (Lipinski definition) is 2. The van der Waals surface area contributed by atoms with Crippen LogP contribution in [-0.2, 0) is 6.42 Å². The molecule has 2 N–H and O–H groups in total. The summed E-state index contributed by atoms with van der Waals surface area (Å²) in [5.74, 6) is 0.964. The highest BCUT2D eigenvalue weighted by Gasteiger charge is 2.10. The van der Waals surface area contributed by atoms with E-state index in [2.05, 4.69) is 35.8 Å². The average Bonchev–Trinajstić information content (AvgIpc) is 2.21. The van der Waals surface area contributed by atoms with E-state index in [9.17, 15) is 0 Å². The summed E-state index contributed by atoms with van der Waals surface area (Å²) in [5, 5.41) is 0. The van der Waals surface area contributed by atoms with Gasteiger partial charge in [-0.15, -0.1) is 0 Å². The SMILES string of the molecule is CCCC(C)Oc1ccc(Br)cc1CC(C)N. The second-order valence-electron chi connectivity index (χ2n) is 4.65. The fourth-order valence-corrected chi connectivity index (χ4v) is 2.26. The fraction of sp³-hybridized carbons (Fsp3) is 0.571. The van der Waals surface area contributed by atoms with Crippen molar-refractivity contribution in [3.8, 4) is 5.75 Å². The molecule has 96 valence electrons. The molecular weight excluding hydrogens is 278 g/mol. The summed E-state index contributed by atoms with van der Waals surface area (Å²) in [7, 11) is 0. The molecule has 0 spiro atoms. The van der Waals surface area contributed by atoms with Crippen LogP contribution in [0.4, 0.5) is 0 Å². The number of ether oxygens (including phenoxy) is 1. The molecule has 0 aliphatic heterocycles. The van der Waals surface area contributed by atoms with Gasteiger partial charge in [-0.1, -0.05) is 29.3 Å². The summed E-state index contributed by atoms with van der Waals surface area (Å²) in [5.41, 5.74) is 7.04. The van der Waals surface area contributed by atoms with Crippen molar-refractivity contribution in [2.24, 2.45) is 5.73 Å². The van der Waals surface area contributed by atoms with Crippen molar-refractivity contribution in [3.63, 3.8) is 0 Å². The van der Waals surface area contributed by atoms with Gasteiger partial charge in [-0.3, -0.25) is 0 Å². The fourth-order valence-electron chi connectivity index (χ4n) is 1.85. The van der Waals surface area contributed by atoms with E-state index in [1.165, 1.54) is 5.56 Å². The van der Waals surface area contributed by atoms with E-state index in [1.807, 2.05) is 19.1 Å². The first-order chi connectivity index (χ1) is 8.02. The molecule has 1 aromatic carbocycles. The van der Waals surface area contributed by atoms with Gasteiger partial charge in [0.15, 0.2) is 0 Å². The number of nitrogens with two attached hydrogens (primary N) is 1. The van der Waals surface area contributed by atoms with Gasteiger partial charge in [0.2, 0.25) is 0 Å². The van der Waals surface area contributed by atoms with Gasteiger partial charge in [0.05, 0.1) is 6.10 Å². The highest BCUT2D eigenvalue weighted by Crippen LogP contribution is 2.25. The second-order valence-corrected chi connectivity index (χ2v) is 5.57. The largest absolute Gasteiger partial charge is 0.490 e. The Morgan fingerprint density at radius 1 is 1.35 bits per heavy atom. The van der Waals surface area contributed by atoms with Gasteiger partial charge in [-0.05, 0) is 50.5 Å². The topological polar surface area (TPSA) is 35.2 Å². The van der Waals surface area contributed by atoms with Crippen LogP contribution in [0.25, 0.3) is 0 Å². The van der Waals surface area contributed by atoms with Crippen LogP contribution in [0.1, 0.15) is 39.2 Å². The summed E-state index contributed by atoms with van der Waals surface area (Å²) in [4.78, 5) is 0. The molecule has 17 heavy (non-hydrogen) atoms. The van der Waals surface area contributed by atoms with Gasteiger partial charge in [0.1, 0.15) is 5.75 Å². The van der Waals surface area contributed by atoms with E-state index in [0.29, 0.717) is 0 Å². The van der Waals surface area contributed by atoms with Gasteiger partial charge in [0, 0.05) is 10.5 Å². The molecule has 0 amide bonds. The molecule has 0 heterocycles. The Morgan fingerprint density at radius 2 is 2.06 bits per heavy atom. The summed E-state index contributed by atoms with van der Waals surface area (Å²) in [6.07, 6.45) is 3.31. The third kappa shape index (κ3) is 5.09. The Balaban J connectivity index is 2.82. The van der Waals surface area contributed by atoms with Crippen LogP contribution in [0.15, 0.2) is 22.7 Å². The van der Waals surface area contributed by atoms with Gasteiger partial charge in [-0.25, -0.2) is 0 Å². The van der Waals surface area contributed by atoms with Crippen molar-refractivity contribution >= 4 is 15.9 Å². The predicted octanol–water partition coefficient (Wildman–Crippen LogP) is 3.91. The number of halogens is 1. The van der Waals surface area contributed by atoms with Crippen LogP contribution < -0.4 is 10.5 Å². The minimum Gasteiger partial charge on any atom is -0.490 e. The van der Waals surface area contributed by atoms with Crippen LogP contribution in [0, 0.1) is 0 Å². The molecule has 0 radical (unpaired) electrons. The molecule has 0 aliphatic rings. The van der Waals surface area contributed by atoms with Gasteiger partial charge >= 0.3 is 0 Å². The minimum atomic E-state index is 0.146. The van der Waals surface area contributed by atoms with Gasteiger partial charge in [-0.2, -0.15) is 0 Å². The first-order valence-corrected chi connectivity index (χ1v) is 7.03. The maximum absolute atomic E-state index is 5.97. The normalized spacial score (nSPS) is 14.4. The van der Waals surface area contributed by atoms with Gasteiger partial charge < -0.3 is 10.5 Å². The minimum absolute atomic E-state index is 0.146. The molecule has 3 heteroatoms. The molecule has 1 aromatic rings. The van der Waals surface area contributed by atoms with Crippen molar-refractivity contribution in [1.29, 1.82) is 0 Å². The standard InChI is InChI=1S/C14H22BrNO/c1-4-5-11(3)17-14-7-6-13(15)9-12(14)8-10(2)16/h6-7,9-11H,4-5,8,16H2,1-3H3. The van der Waals surface area contributed by atoms with E-state index in [0.717, 1.165) is 29.5 Å². The first-order valence-electron chi connectivity index (χ1n) is 6.23. The summed E-state index contributed by atoms with van der Waals surface area (Å²) >= 11 is 3.49. The Bertz CT molecular complexity index is 352. The third-order valence-electron chi connectivity index (χ3n) is 2.59. The molecule has 0 saturated heterocycles. The highest BCUT2D eigenvalue weighted by molar-refractivity contribution is 9.10. The van der Waals surface area contributed by atoms with E-state index >= 15 is 0 Å². The molecule has 0 aliphatic carbocycles. The molecule has 1 rings (SSSR count). The number of hydrogen-bond donors (Lipinski definition) is 1. The lowest BCUT2D eigenvalue weighted by Gasteiger charge is -2.18. The second kappa shape index (κ2) is 7.02. The van der Waals surface area contributed by atoms with E-state index in [4.69, 9.17) is 10.5 Å². The molecular formula is C14H22BrNO. The van der Waals surface area contributed by atoms with Crippen molar-refractivity contribution < 1.29 is 4.74 Å². The molecule has 0 fully saturated rings. The average molecular weight is 300 g/mol. The van der Waals surface area contributed by atoms with E-state index < -0.39 is 0 Å². The molecule has 2 atom stereocenters. The van der Waals surface area contributed by atoms with E-state index in [-0.39, 0.29) is 12.1 Å². The summed E-state index contributed by atoms with van der Waals surface area (Å²) in [6.45, 7) is 6.30. The van der Waals surface area contributed by atoms with Gasteiger partial charge in [0.25, 0.3) is 0 Å². The Morgan fingerprint density at radius 3 is 2.65 bits per heavy atom. The predicted molar refractivity (Wildman–Crippen MR) is 76.5 cm³/mol. The van der Waals surface area contributed by atoms with Crippen molar-refractivity contribution in [1.82, 2.24) is 0 Å². The summed E-state index contributed by atoms with van der Waals surface area (Å²) in [6, 6.07) is 6.28. The Labute approximate surface area is 113 Å². The Hall–Kier alpha value is -0.540. The zero-order valence-corrected chi connectivity index (χ0v) is 12.5. The van der Waals surface area contributed by atoms with Crippen molar-refractivity contribution in [2.75, 3.05) is 0 Å². The lowest BCUT2D eigenvalue weighted by molar-refractivity contribution is 0.207. The molecule has 0 bridgehead atoms. The van der Waals surface area contributed by atoms with Crippen molar-refractivity contribution in [3.05, 3.63) is 28.2 Å². The zero-order valence-electron chi connectivity index (χ0n) is 10.9. The number of rotatable bonds is 6. The van der Waals surface area contributed by atoms with Crippen LogP contribution >= 0.6 is 15.9 Å². The maximum Gasteiger partial charge on any atom is 0.123 e. The summed E-state index contributed by atoms with van der Waals surface area (Å²) < 4.78 is 7.04. The zero-order chi connectivity index (χ0) is 12.8. The lowest BCUT2D eigenvalue weighted by atomic mass is 10.1. The number of benzene rings is 1. The maximum atomic E-state index is 5.97. The van der Waals surface area contributed by atoms with Crippen LogP contribution in [0.5, 0.6) is 5.75 Å². The molecule has 0 saturated carbocycles.